The molecule has 0 fully saturated rings. The molecule has 6 heteroatoms. The topological polar surface area (TPSA) is 102 Å². The Morgan fingerprint density at radius 2 is 1.85 bits per heavy atom. The van der Waals surface area contributed by atoms with Gasteiger partial charge in [0.25, 0.3) is 0 Å². The van der Waals surface area contributed by atoms with Crippen LogP contribution in [0.5, 0.6) is 5.75 Å². The molecule has 0 radical (unpaired) electrons. The van der Waals surface area contributed by atoms with Gasteiger partial charge in [-0.25, -0.2) is 4.79 Å². The quantitative estimate of drug-likeness (QED) is 0.513. The second-order valence-corrected chi connectivity index (χ2v) is 5.86. The van der Waals surface area contributed by atoms with Crippen molar-refractivity contribution in [2.45, 2.75) is 12.5 Å². The fourth-order valence-electron chi connectivity index (χ4n) is 2.73. The molecule has 132 valence electrons. The van der Waals surface area contributed by atoms with Gasteiger partial charge in [-0.2, -0.15) is 0 Å². The number of aromatic nitrogens is 1. The van der Waals surface area contributed by atoms with Gasteiger partial charge in [-0.1, -0.05) is 36.4 Å². The van der Waals surface area contributed by atoms with E-state index in [-0.39, 0.29) is 12.2 Å². The maximum absolute atomic E-state index is 12.1. The number of hydrogen-bond donors (Lipinski definition) is 4. The van der Waals surface area contributed by atoms with Crippen LogP contribution in [0.3, 0.4) is 0 Å². The van der Waals surface area contributed by atoms with Crippen LogP contribution in [0.2, 0.25) is 0 Å². The Hall–Kier alpha value is -3.54. The van der Waals surface area contributed by atoms with Crippen LogP contribution in [0.4, 0.5) is 0 Å². The number of amides is 1. The molecule has 1 aromatic heterocycles. The highest BCUT2D eigenvalue weighted by Gasteiger charge is 2.21. The van der Waals surface area contributed by atoms with Crippen molar-refractivity contribution >= 4 is 28.9 Å². The number of carboxylic acid groups (broad SMARTS) is 1. The lowest BCUT2D eigenvalue weighted by molar-refractivity contribution is -0.141. The van der Waals surface area contributed by atoms with Crippen LogP contribution in [0.1, 0.15) is 11.1 Å². The lowest BCUT2D eigenvalue weighted by Crippen LogP contribution is -2.41. The summed E-state index contributed by atoms with van der Waals surface area (Å²) in [6, 6.07) is 13.1. The predicted molar refractivity (Wildman–Crippen MR) is 98.7 cm³/mol. The van der Waals surface area contributed by atoms with Gasteiger partial charge < -0.3 is 20.5 Å². The molecular formula is C20H18N2O4. The number of rotatable bonds is 6. The highest BCUT2D eigenvalue weighted by molar-refractivity contribution is 5.95. The lowest BCUT2D eigenvalue weighted by atomic mass is 10.0. The fourth-order valence-corrected chi connectivity index (χ4v) is 2.73. The van der Waals surface area contributed by atoms with Crippen LogP contribution in [0, 0.1) is 0 Å². The second-order valence-electron chi connectivity index (χ2n) is 5.86. The third-order valence-corrected chi connectivity index (χ3v) is 4.06. The van der Waals surface area contributed by atoms with Gasteiger partial charge in [-0.15, -0.1) is 0 Å². The Bertz CT molecular complexity index is 975. The average Bonchev–Trinajstić information content (AvgIpc) is 3.03. The first-order valence-electron chi connectivity index (χ1n) is 8.09. The summed E-state index contributed by atoms with van der Waals surface area (Å²) in [4.78, 5) is 26.7. The van der Waals surface area contributed by atoms with E-state index in [1.54, 1.807) is 24.4 Å². The van der Waals surface area contributed by atoms with Crippen LogP contribution in [0.25, 0.3) is 17.0 Å². The minimum atomic E-state index is -1.11. The van der Waals surface area contributed by atoms with E-state index in [0.717, 1.165) is 16.5 Å². The third-order valence-electron chi connectivity index (χ3n) is 4.06. The van der Waals surface area contributed by atoms with E-state index in [4.69, 9.17) is 0 Å². The zero-order valence-electron chi connectivity index (χ0n) is 13.8. The number of carboxylic acids is 1. The summed E-state index contributed by atoms with van der Waals surface area (Å²) >= 11 is 0. The molecule has 0 aliphatic carbocycles. The number of para-hydroxylation sites is 2. The molecule has 2 aromatic carbocycles. The first-order valence-corrected chi connectivity index (χ1v) is 8.09. The Morgan fingerprint density at radius 1 is 1.12 bits per heavy atom. The number of nitrogens with one attached hydrogen (secondary N) is 2. The maximum Gasteiger partial charge on any atom is 0.326 e. The number of carbonyl (C=O) groups excluding carboxylic acids is 1. The number of aliphatic carboxylic acids is 1. The van der Waals surface area contributed by atoms with Crippen LogP contribution < -0.4 is 5.32 Å². The monoisotopic (exact) mass is 350 g/mol. The number of hydrogen-bond acceptors (Lipinski definition) is 3. The van der Waals surface area contributed by atoms with Crippen molar-refractivity contribution < 1.29 is 19.8 Å². The fraction of sp³-hybridized carbons (Fsp3) is 0.100. The van der Waals surface area contributed by atoms with Crippen LogP contribution in [0.15, 0.2) is 60.8 Å². The molecule has 3 rings (SSSR count). The Labute approximate surface area is 149 Å². The van der Waals surface area contributed by atoms with Crippen molar-refractivity contribution in [1.29, 1.82) is 0 Å². The SMILES string of the molecule is O=C(/C=C/c1ccccc1O)N[C@@H](Cc1c[nH]c2ccccc12)C(=O)O. The minimum Gasteiger partial charge on any atom is -0.507 e. The van der Waals surface area contributed by atoms with E-state index >= 15 is 0 Å². The zero-order valence-corrected chi connectivity index (χ0v) is 13.8. The van der Waals surface area contributed by atoms with Crippen LogP contribution >= 0.6 is 0 Å². The predicted octanol–water partition coefficient (Wildman–Crippen LogP) is 2.70. The lowest BCUT2D eigenvalue weighted by Gasteiger charge is -2.13. The van der Waals surface area contributed by atoms with E-state index in [0.29, 0.717) is 5.56 Å². The second kappa shape index (κ2) is 7.57. The molecule has 4 N–H and O–H groups in total. The molecule has 0 unspecified atom stereocenters. The van der Waals surface area contributed by atoms with Gasteiger partial charge in [0.15, 0.2) is 0 Å². The number of phenolic OH excluding ortho intramolecular Hbond substituents is 1. The van der Waals surface area contributed by atoms with Crippen molar-refractivity contribution in [3.05, 3.63) is 71.9 Å². The summed E-state index contributed by atoms with van der Waals surface area (Å²) in [5.74, 6) is -1.61. The number of benzene rings is 2. The van der Waals surface area contributed by atoms with E-state index in [1.807, 2.05) is 24.3 Å². The Balaban J connectivity index is 1.71. The van der Waals surface area contributed by atoms with Gasteiger partial charge >= 0.3 is 5.97 Å². The van der Waals surface area contributed by atoms with Crippen molar-refractivity contribution in [1.82, 2.24) is 10.3 Å². The largest absolute Gasteiger partial charge is 0.507 e. The van der Waals surface area contributed by atoms with E-state index < -0.39 is 17.9 Å². The van der Waals surface area contributed by atoms with Crippen LogP contribution in [-0.4, -0.2) is 33.1 Å². The molecule has 0 bridgehead atoms. The first-order chi connectivity index (χ1) is 12.5. The summed E-state index contributed by atoms with van der Waals surface area (Å²) in [6.45, 7) is 0. The summed E-state index contributed by atoms with van der Waals surface area (Å²) in [6.07, 6.45) is 4.57. The van der Waals surface area contributed by atoms with Crippen LogP contribution in [-0.2, 0) is 16.0 Å². The van der Waals surface area contributed by atoms with Crippen molar-refractivity contribution in [2.75, 3.05) is 0 Å². The summed E-state index contributed by atoms with van der Waals surface area (Å²) < 4.78 is 0. The number of phenols is 1. The van der Waals surface area contributed by atoms with E-state index in [1.165, 1.54) is 18.2 Å². The molecule has 0 saturated heterocycles. The minimum absolute atomic E-state index is 0.0464. The number of carbonyl (C=O) groups is 2. The normalized spacial score (nSPS) is 12.3. The molecule has 0 spiro atoms. The number of aromatic hydroxyl groups is 1. The van der Waals surface area contributed by atoms with Gasteiger partial charge in [-0.05, 0) is 23.8 Å². The van der Waals surface area contributed by atoms with Gasteiger partial charge in [0.05, 0.1) is 0 Å². The maximum atomic E-state index is 12.1. The number of aromatic amines is 1. The Kier molecular flexibility index (Phi) is 5.03. The Morgan fingerprint density at radius 3 is 2.62 bits per heavy atom. The summed E-state index contributed by atoms with van der Waals surface area (Å²) in [5, 5.41) is 22.5. The summed E-state index contributed by atoms with van der Waals surface area (Å²) in [7, 11) is 0. The molecule has 0 aliphatic heterocycles. The average molecular weight is 350 g/mol. The molecule has 0 aliphatic rings. The highest BCUT2D eigenvalue weighted by Crippen LogP contribution is 2.19. The molecule has 1 amide bonds. The van der Waals surface area contributed by atoms with Gasteiger partial charge in [-0.3, -0.25) is 4.79 Å². The summed E-state index contributed by atoms with van der Waals surface area (Å²) in [5.41, 5.74) is 2.21. The number of H-pyrrole nitrogens is 1. The van der Waals surface area contributed by atoms with Gasteiger partial charge in [0.1, 0.15) is 11.8 Å². The molecule has 1 heterocycles. The first kappa shape index (κ1) is 17.3. The molecule has 26 heavy (non-hydrogen) atoms. The van der Waals surface area contributed by atoms with Crippen molar-refractivity contribution in [3.63, 3.8) is 0 Å². The van der Waals surface area contributed by atoms with Crippen molar-refractivity contribution in [2.24, 2.45) is 0 Å². The van der Waals surface area contributed by atoms with E-state index in [2.05, 4.69) is 10.3 Å². The molecule has 6 nitrogen and oxygen atoms in total. The van der Waals surface area contributed by atoms with Crippen molar-refractivity contribution in [3.8, 4) is 5.75 Å². The van der Waals surface area contributed by atoms with Gasteiger partial charge in [0.2, 0.25) is 5.91 Å². The standard InChI is InChI=1S/C20H18N2O4/c23-18-8-4-1-5-13(18)9-10-19(24)22-17(20(25)26)11-14-12-21-16-7-3-2-6-15(14)16/h1-10,12,17,21,23H,11H2,(H,22,24)(H,25,26)/b10-9+/t17-/m0/s1. The van der Waals surface area contributed by atoms with Gasteiger partial charge in [0, 0.05) is 35.2 Å². The molecule has 1 atom stereocenters. The molecule has 3 aromatic rings. The molecule has 0 saturated carbocycles. The van der Waals surface area contributed by atoms with E-state index in [9.17, 15) is 19.8 Å². The zero-order chi connectivity index (χ0) is 18.5. The number of fused-ring (bicyclic) bond motifs is 1. The smallest absolute Gasteiger partial charge is 0.326 e. The highest BCUT2D eigenvalue weighted by atomic mass is 16.4. The molecular weight excluding hydrogens is 332 g/mol. The third kappa shape index (κ3) is 3.92.